The van der Waals surface area contributed by atoms with Gasteiger partial charge < -0.3 is 19.3 Å². The molecule has 1 amide bonds. The first-order valence-electron chi connectivity index (χ1n) is 9.06. The molecule has 3 rings (SSSR count). The molecule has 1 aromatic heterocycles. The zero-order valence-electron chi connectivity index (χ0n) is 15.4. The normalized spacial score (nSPS) is 14.2. The van der Waals surface area contributed by atoms with E-state index in [4.69, 9.17) is 9.47 Å². The molecule has 1 aliphatic rings. The third kappa shape index (κ3) is 4.07. The Morgan fingerprint density at radius 1 is 0.962 bits per heavy atom. The second-order valence-corrected chi connectivity index (χ2v) is 6.01. The minimum atomic E-state index is 0.0309. The monoisotopic (exact) mass is 355 g/mol. The van der Waals surface area contributed by atoms with Gasteiger partial charge in [-0.1, -0.05) is 0 Å². The molecular weight excluding hydrogens is 330 g/mol. The van der Waals surface area contributed by atoms with Crippen molar-refractivity contribution in [1.82, 2.24) is 9.88 Å². The topological polar surface area (TPSA) is 54.9 Å². The number of nitrogens with zero attached hydrogens (tertiary/aromatic N) is 3. The Bertz CT molecular complexity index is 728. The van der Waals surface area contributed by atoms with Gasteiger partial charge in [0.2, 0.25) is 0 Å². The number of aromatic nitrogens is 1. The molecule has 6 nitrogen and oxygen atoms in total. The lowest BCUT2D eigenvalue weighted by molar-refractivity contribution is 0.0746. The lowest BCUT2D eigenvalue weighted by Gasteiger charge is -2.36. The third-order valence-electron chi connectivity index (χ3n) is 4.39. The van der Waals surface area contributed by atoms with Crippen LogP contribution in [0.4, 0.5) is 5.69 Å². The van der Waals surface area contributed by atoms with Crippen LogP contribution in [0.25, 0.3) is 0 Å². The van der Waals surface area contributed by atoms with Crippen molar-refractivity contribution in [3.63, 3.8) is 0 Å². The largest absolute Gasteiger partial charge is 0.490 e. The third-order valence-corrected chi connectivity index (χ3v) is 4.39. The molecule has 0 atom stereocenters. The maximum atomic E-state index is 12.9. The van der Waals surface area contributed by atoms with Crippen molar-refractivity contribution in [2.45, 2.75) is 13.8 Å². The van der Waals surface area contributed by atoms with Gasteiger partial charge in [-0.3, -0.25) is 9.78 Å². The van der Waals surface area contributed by atoms with Crippen LogP contribution in [0.1, 0.15) is 24.2 Å². The number of rotatable bonds is 6. The summed E-state index contributed by atoms with van der Waals surface area (Å²) in [5.41, 5.74) is 1.78. The number of piperazine rings is 1. The fourth-order valence-corrected chi connectivity index (χ4v) is 3.09. The summed E-state index contributed by atoms with van der Waals surface area (Å²) in [7, 11) is 0. The van der Waals surface area contributed by atoms with Crippen molar-refractivity contribution in [2.75, 3.05) is 44.3 Å². The Labute approximate surface area is 154 Å². The summed E-state index contributed by atoms with van der Waals surface area (Å²) in [5.74, 6) is 1.33. The highest BCUT2D eigenvalue weighted by Crippen LogP contribution is 2.29. The van der Waals surface area contributed by atoms with E-state index in [-0.39, 0.29) is 5.91 Å². The number of carbonyl (C=O) groups is 1. The molecule has 1 saturated heterocycles. The van der Waals surface area contributed by atoms with Crippen LogP contribution in [-0.4, -0.2) is 55.2 Å². The van der Waals surface area contributed by atoms with Crippen molar-refractivity contribution >= 4 is 11.6 Å². The van der Waals surface area contributed by atoms with E-state index in [0.717, 1.165) is 18.8 Å². The molecule has 1 aromatic carbocycles. The lowest BCUT2D eigenvalue weighted by atomic mass is 10.1. The molecule has 0 bridgehead atoms. The van der Waals surface area contributed by atoms with Gasteiger partial charge in [0.25, 0.3) is 5.91 Å². The van der Waals surface area contributed by atoms with Gasteiger partial charge in [-0.2, -0.15) is 0 Å². The van der Waals surface area contributed by atoms with Gasteiger partial charge in [-0.25, -0.2) is 0 Å². The molecule has 0 radical (unpaired) electrons. The Morgan fingerprint density at radius 2 is 1.62 bits per heavy atom. The number of ether oxygens (including phenoxy) is 2. The van der Waals surface area contributed by atoms with Gasteiger partial charge in [-0.05, 0) is 44.2 Å². The molecule has 0 spiro atoms. The maximum Gasteiger partial charge on any atom is 0.254 e. The van der Waals surface area contributed by atoms with Crippen molar-refractivity contribution in [2.24, 2.45) is 0 Å². The number of hydrogen-bond donors (Lipinski definition) is 0. The fourth-order valence-electron chi connectivity index (χ4n) is 3.09. The molecule has 2 aromatic rings. The summed E-state index contributed by atoms with van der Waals surface area (Å²) in [5, 5.41) is 0. The van der Waals surface area contributed by atoms with Crippen molar-refractivity contribution in [3.05, 3.63) is 48.3 Å². The van der Waals surface area contributed by atoms with Gasteiger partial charge in [0, 0.05) is 49.8 Å². The maximum absolute atomic E-state index is 12.9. The van der Waals surface area contributed by atoms with E-state index in [0.29, 0.717) is 43.4 Å². The fraction of sp³-hybridized carbons (Fsp3) is 0.400. The number of amides is 1. The summed E-state index contributed by atoms with van der Waals surface area (Å²) in [6.07, 6.45) is 3.59. The molecule has 1 fully saturated rings. The SMILES string of the molecule is CCOc1ccc(C(=O)N2CCN(c3ccncc3)CC2)cc1OCC. The first kappa shape index (κ1) is 18.0. The first-order valence-corrected chi connectivity index (χ1v) is 9.06. The predicted molar refractivity (Wildman–Crippen MR) is 101 cm³/mol. The minimum absolute atomic E-state index is 0.0309. The zero-order valence-corrected chi connectivity index (χ0v) is 15.4. The molecule has 26 heavy (non-hydrogen) atoms. The second-order valence-electron chi connectivity index (χ2n) is 6.01. The van der Waals surface area contributed by atoms with Crippen LogP contribution in [0.5, 0.6) is 11.5 Å². The molecule has 0 aliphatic carbocycles. The van der Waals surface area contributed by atoms with Crippen LogP contribution in [0.3, 0.4) is 0 Å². The second kappa shape index (κ2) is 8.56. The minimum Gasteiger partial charge on any atom is -0.490 e. The van der Waals surface area contributed by atoms with Crippen LogP contribution < -0.4 is 14.4 Å². The van der Waals surface area contributed by atoms with Crippen molar-refractivity contribution < 1.29 is 14.3 Å². The Balaban J connectivity index is 1.67. The molecular formula is C20H25N3O3. The van der Waals surface area contributed by atoms with Crippen molar-refractivity contribution in [1.29, 1.82) is 0 Å². The van der Waals surface area contributed by atoms with Gasteiger partial charge in [0.1, 0.15) is 0 Å². The molecule has 138 valence electrons. The molecule has 0 N–H and O–H groups in total. The number of hydrogen-bond acceptors (Lipinski definition) is 5. The van der Waals surface area contributed by atoms with E-state index >= 15 is 0 Å². The van der Waals surface area contributed by atoms with Crippen LogP contribution in [-0.2, 0) is 0 Å². The molecule has 6 heteroatoms. The lowest BCUT2D eigenvalue weighted by Crippen LogP contribution is -2.48. The highest BCUT2D eigenvalue weighted by Gasteiger charge is 2.23. The average molecular weight is 355 g/mol. The van der Waals surface area contributed by atoms with E-state index < -0.39 is 0 Å². The summed E-state index contributed by atoms with van der Waals surface area (Å²) in [4.78, 5) is 21.1. The number of pyridine rings is 1. The van der Waals surface area contributed by atoms with Crippen LogP contribution in [0.15, 0.2) is 42.7 Å². The van der Waals surface area contributed by atoms with Gasteiger partial charge in [0.15, 0.2) is 11.5 Å². The number of carbonyl (C=O) groups excluding carboxylic acids is 1. The first-order chi connectivity index (χ1) is 12.7. The summed E-state index contributed by atoms with van der Waals surface area (Å²) in [6.45, 7) is 7.94. The number of anilines is 1. The van der Waals surface area contributed by atoms with Crippen LogP contribution >= 0.6 is 0 Å². The van der Waals surface area contributed by atoms with Crippen LogP contribution in [0.2, 0.25) is 0 Å². The average Bonchev–Trinajstić information content (AvgIpc) is 2.70. The van der Waals surface area contributed by atoms with E-state index in [9.17, 15) is 4.79 Å². The number of benzene rings is 1. The van der Waals surface area contributed by atoms with E-state index in [1.807, 2.05) is 43.0 Å². The van der Waals surface area contributed by atoms with Crippen molar-refractivity contribution in [3.8, 4) is 11.5 Å². The predicted octanol–water partition coefficient (Wildman–Crippen LogP) is 2.84. The Morgan fingerprint density at radius 3 is 2.27 bits per heavy atom. The van der Waals surface area contributed by atoms with E-state index in [2.05, 4.69) is 9.88 Å². The zero-order chi connectivity index (χ0) is 18.4. The molecule has 2 heterocycles. The van der Waals surface area contributed by atoms with Gasteiger partial charge in [-0.15, -0.1) is 0 Å². The quantitative estimate of drug-likeness (QED) is 0.798. The molecule has 0 unspecified atom stereocenters. The summed E-state index contributed by atoms with van der Waals surface area (Å²) >= 11 is 0. The van der Waals surface area contributed by atoms with Gasteiger partial charge in [0.05, 0.1) is 13.2 Å². The standard InChI is InChI=1S/C20H25N3O3/c1-3-25-18-6-5-16(15-19(18)26-4-2)20(24)23-13-11-22(12-14-23)17-7-9-21-10-8-17/h5-10,15H,3-4,11-14H2,1-2H3. The van der Waals surface area contributed by atoms with E-state index in [1.165, 1.54) is 0 Å². The molecule has 0 saturated carbocycles. The summed E-state index contributed by atoms with van der Waals surface area (Å²) in [6, 6.07) is 9.41. The highest BCUT2D eigenvalue weighted by molar-refractivity contribution is 5.95. The smallest absolute Gasteiger partial charge is 0.254 e. The van der Waals surface area contributed by atoms with E-state index in [1.54, 1.807) is 18.5 Å². The Hall–Kier alpha value is -2.76. The molecule has 1 aliphatic heterocycles. The highest BCUT2D eigenvalue weighted by atomic mass is 16.5. The summed E-state index contributed by atoms with van der Waals surface area (Å²) < 4.78 is 11.2. The van der Waals surface area contributed by atoms with Crippen LogP contribution in [0, 0.1) is 0 Å². The van der Waals surface area contributed by atoms with Gasteiger partial charge >= 0.3 is 0 Å². The Kier molecular flexibility index (Phi) is 5.94.